The highest BCUT2D eigenvalue weighted by atomic mass is 16.5. The quantitative estimate of drug-likeness (QED) is 0.310. The van der Waals surface area contributed by atoms with E-state index in [1.807, 2.05) is 59.5 Å². The summed E-state index contributed by atoms with van der Waals surface area (Å²) in [6.07, 6.45) is 5.54. The number of unbranched alkanes of at least 4 members (excludes halogenated alkanes) is 1. The van der Waals surface area contributed by atoms with E-state index in [4.69, 9.17) is 14.2 Å². The highest BCUT2D eigenvalue weighted by Gasteiger charge is 2.21. The van der Waals surface area contributed by atoms with Crippen LogP contribution in [0.3, 0.4) is 0 Å². The fourth-order valence-electron chi connectivity index (χ4n) is 4.39. The monoisotopic (exact) mass is 512 g/mol. The fraction of sp³-hybridized carbons (Fsp3) is 0.517. The number of rotatable bonds is 16. The second-order valence-corrected chi connectivity index (χ2v) is 9.27. The Morgan fingerprint density at radius 1 is 0.946 bits per heavy atom. The number of benzene rings is 2. The summed E-state index contributed by atoms with van der Waals surface area (Å²) in [5.41, 5.74) is 0.864. The Hall–Kier alpha value is -3.26. The Kier molecular flexibility index (Phi) is 12.1. The van der Waals surface area contributed by atoms with Crippen molar-refractivity contribution in [3.8, 4) is 11.5 Å². The number of carboxylic acids is 1. The van der Waals surface area contributed by atoms with Crippen molar-refractivity contribution in [2.24, 2.45) is 0 Å². The number of urea groups is 1. The smallest absolute Gasteiger partial charge is 0.333 e. The molecule has 0 aliphatic heterocycles. The molecule has 1 fully saturated rings. The number of ether oxygens (including phenoxy) is 3. The maximum absolute atomic E-state index is 13.0. The van der Waals surface area contributed by atoms with Crippen LogP contribution in [0.2, 0.25) is 0 Å². The van der Waals surface area contributed by atoms with Crippen molar-refractivity contribution < 1.29 is 28.9 Å². The molecule has 3 rings (SSSR count). The van der Waals surface area contributed by atoms with Crippen LogP contribution in [0, 0.1) is 0 Å². The lowest BCUT2D eigenvalue weighted by atomic mass is 10.1. The molecule has 0 spiro atoms. The van der Waals surface area contributed by atoms with Crippen LogP contribution in [0.5, 0.6) is 11.5 Å². The molecule has 2 amide bonds. The number of hydrogen-bond acceptors (Lipinski definition) is 5. The van der Waals surface area contributed by atoms with Crippen LogP contribution in [-0.4, -0.2) is 67.1 Å². The van der Waals surface area contributed by atoms with Gasteiger partial charge in [0.25, 0.3) is 0 Å². The van der Waals surface area contributed by atoms with Crippen molar-refractivity contribution in [2.45, 2.75) is 64.0 Å². The molecule has 1 unspecified atom stereocenters. The molecule has 1 atom stereocenters. The van der Waals surface area contributed by atoms with Crippen molar-refractivity contribution in [1.82, 2.24) is 10.2 Å². The molecule has 0 saturated heterocycles. The molecular formula is C29H40N2O6. The lowest BCUT2D eigenvalue weighted by Gasteiger charge is -2.25. The molecule has 0 heterocycles. The molecule has 8 heteroatoms. The molecule has 1 aliphatic carbocycles. The molecule has 0 radical (unpaired) electrons. The Labute approximate surface area is 219 Å². The summed E-state index contributed by atoms with van der Waals surface area (Å²) < 4.78 is 17.0. The molecule has 2 N–H and O–H groups in total. The first-order chi connectivity index (χ1) is 18.0. The minimum Gasteiger partial charge on any atom is -0.494 e. The standard InChI is InChI=1S/C29H40N2O6/c1-2-35-27(28(32)33)22-23-14-16-26(17-15-23)37-21-19-31(29(34)30-24-10-6-7-11-24)18-8-9-20-36-25-12-4-3-5-13-25/h3-5,12-17,24,27H,2,6-11,18-22H2,1H3,(H,30,34)(H,32,33). The van der Waals surface area contributed by atoms with E-state index < -0.39 is 12.1 Å². The zero-order chi connectivity index (χ0) is 26.3. The highest BCUT2D eigenvalue weighted by Crippen LogP contribution is 2.18. The van der Waals surface area contributed by atoms with Gasteiger partial charge in [0.15, 0.2) is 6.10 Å². The van der Waals surface area contributed by atoms with Gasteiger partial charge in [-0.15, -0.1) is 0 Å². The Bertz CT molecular complexity index is 931. The summed E-state index contributed by atoms with van der Waals surface area (Å²) in [5.74, 6) is 0.568. The third-order valence-electron chi connectivity index (χ3n) is 6.42. The molecule has 0 aromatic heterocycles. The van der Waals surface area contributed by atoms with E-state index in [0.717, 1.165) is 37.0 Å². The van der Waals surface area contributed by atoms with Crippen LogP contribution in [0.4, 0.5) is 4.79 Å². The van der Waals surface area contributed by atoms with Crippen LogP contribution in [-0.2, 0) is 16.0 Å². The lowest BCUT2D eigenvalue weighted by molar-refractivity contribution is -0.149. The summed E-state index contributed by atoms with van der Waals surface area (Å²) >= 11 is 0. The van der Waals surface area contributed by atoms with Gasteiger partial charge < -0.3 is 29.5 Å². The van der Waals surface area contributed by atoms with Crippen LogP contribution < -0.4 is 14.8 Å². The Morgan fingerprint density at radius 2 is 1.62 bits per heavy atom. The topological polar surface area (TPSA) is 97.3 Å². The zero-order valence-electron chi connectivity index (χ0n) is 21.8. The highest BCUT2D eigenvalue weighted by molar-refractivity contribution is 5.74. The van der Waals surface area contributed by atoms with E-state index in [1.165, 1.54) is 12.8 Å². The number of para-hydroxylation sites is 1. The average molecular weight is 513 g/mol. The first-order valence-corrected chi connectivity index (χ1v) is 13.3. The molecule has 202 valence electrons. The van der Waals surface area contributed by atoms with Crippen molar-refractivity contribution in [3.63, 3.8) is 0 Å². The number of aliphatic carboxylic acids is 1. The van der Waals surface area contributed by atoms with Gasteiger partial charge in [-0.1, -0.05) is 43.2 Å². The molecule has 8 nitrogen and oxygen atoms in total. The average Bonchev–Trinajstić information content (AvgIpc) is 3.41. The third-order valence-corrected chi connectivity index (χ3v) is 6.42. The van der Waals surface area contributed by atoms with Crippen molar-refractivity contribution in [3.05, 3.63) is 60.2 Å². The van der Waals surface area contributed by atoms with Gasteiger partial charge in [-0.05, 0) is 62.4 Å². The molecule has 0 bridgehead atoms. The Morgan fingerprint density at radius 3 is 2.30 bits per heavy atom. The summed E-state index contributed by atoms with van der Waals surface area (Å²) in [7, 11) is 0. The van der Waals surface area contributed by atoms with Gasteiger partial charge in [-0.3, -0.25) is 0 Å². The minimum atomic E-state index is -0.968. The summed E-state index contributed by atoms with van der Waals surface area (Å²) in [4.78, 5) is 26.1. The van der Waals surface area contributed by atoms with Gasteiger partial charge >= 0.3 is 12.0 Å². The second kappa shape index (κ2) is 15.8. The fourth-order valence-corrected chi connectivity index (χ4v) is 4.39. The zero-order valence-corrected chi connectivity index (χ0v) is 21.8. The van der Waals surface area contributed by atoms with Crippen molar-refractivity contribution >= 4 is 12.0 Å². The van der Waals surface area contributed by atoms with E-state index in [2.05, 4.69) is 5.32 Å². The molecule has 37 heavy (non-hydrogen) atoms. The van der Waals surface area contributed by atoms with Gasteiger partial charge in [-0.25, -0.2) is 9.59 Å². The second-order valence-electron chi connectivity index (χ2n) is 9.27. The van der Waals surface area contributed by atoms with E-state index in [1.54, 1.807) is 6.92 Å². The molecule has 2 aromatic carbocycles. The van der Waals surface area contributed by atoms with Crippen molar-refractivity contribution in [2.75, 3.05) is 32.9 Å². The molecule has 1 saturated carbocycles. The van der Waals surface area contributed by atoms with E-state index in [-0.39, 0.29) is 12.1 Å². The van der Waals surface area contributed by atoms with Crippen LogP contribution in [0.15, 0.2) is 54.6 Å². The first-order valence-electron chi connectivity index (χ1n) is 13.3. The maximum atomic E-state index is 13.0. The number of nitrogens with one attached hydrogen (secondary N) is 1. The number of nitrogens with zero attached hydrogens (tertiary/aromatic N) is 1. The van der Waals surface area contributed by atoms with Gasteiger partial charge in [0, 0.05) is 25.6 Å². The van der Waals surface area contributed by atoms with E-state index >= 15 is 0 Å². The van der Waals surface area contributed by atoms with Gasteiger partial charge in [0.05, 0.1) is 13.2 Å². The number of amides is 2. The maximum Gasteiger partial charge on any atom is 0.333 e. The van der Waals surface area contributed by atoms with Crippen LogP contribution >= 0.6 is 0 Å². The third kappa shape index (κ3) is 10.3. The Balaban J connectivity index is 1.45. The van der Waals surface area contributed by atoms with Crippen molar-refractivity contribution in [1.29, 1.82) is 0 Å². The SMILES string of the molecule is CCOC(Cc1ccc(OCCN(CCCCOc2ccccc2)C(=O)NC2CCCC2)cc1)C(=O)O. The predicted octanol–water partition coefficient (Wildman–Crippen LogP) is 4.91. The van der Waals surface area contributed by atoms with E-state index in [0.29, 0.717) is 45.1 Å². The van der Waals surface area contributed by atoms with E-state index in [9.17, 15) is 14.7 Å². The normalized spacial score (nSPS) is 14.2. The number of hydrogen-bond donors (Lipinski definition) is 2. The molecule has 2 aromatic rings. The van der Waals surface area contributed by atoms with Gasteiger partial charge in [0.2, 0.25) is 0 Å². The lowest BCUT2D eigenvalue weighted by Crippen LogP contribution is -2.46. The number of carbonyl (C=O) groups is 2. The largest absolute Gasteiger partial charge is 0.494 e. The summed E-state index contributed by atoms with van der Waals surface area (Å²) in [6, 6.07) is 17.3. The van der Waals surface area contributed by atoms with Crippen LogP contribution in [0.25, 0.3) is 0 Å². The number of carboxylic acid groups (broad SMARTS) is 1. The predicted molar refractivity (Wildman–Crippen MR) is 142 cm³/mol. The van der Waals surface area contributed by atoms with Gasteiger partial charge in [0.1, 0.15) is 18.1 Å². The number of carbonyl (C=O) groups excluding carboxylic acids is 1. The summed E-state index contributed by atoms with van der Waals surface area (Å²) in [5, 5.41) is 12.5. The molecule has 1 aliphatic rings. The molecular weight excluding hydrogens is 472 g/mol. The summed E-state index contributed by atoms with van der Waals surface area (Å²) in [6.45, 7) is 4.22. The van der Waals surface area contributed by atoms with Gasteiger partial charge in [-0.2, -0.15) is 0 Å². The van der Waals surface area contributed by atoms with Crippen LogP contribution in [0.1, 0.15) is 51.0 Å². The minimum absolute atomic E-state index is 0.0366. The first kappa shape index (κ1) is 28.3.